The Labute approximate surface area is 295 Å². The van der Waals surface area contributed by atoms with Crippen molar-refractivity contribution in [2.45, 2.75) is 252 Å². The van der Waals surface area contributed by atoms with Crippen molar-refractivity contribution >= 4 is 11.7 Å². The van der Waals surface area contributed by atoms with Gasteiger partial charge in [0, 0.05) is 12.8 Å². The third-order valence-corrected chi connectivity index (χ3v) is 10.6. The van der Waals surface area contributed by atoms with Crippen LogP contribution in [0.2, 0.25) is 0 Å². The van der Waals surface area contributed by atoms with E-state index in [1.807, 2.05) is 0 Å². The monoisotopic (exact) mass is 661 g/mol. The van der Waals surface area contributed by atoms with Crippen molar-refractivity contribution < 1.29 is 9.37 Å². The van der Waals surface area contributed by atoms with Gasteiger partial charge in [-0.3, -0.25) is 10.1 Å². The minimum Gasteiger partial charge on any atom is -0.318 e. The molecule has 1 unspecified atom stereocenters. The standard InChI is InChI=1S/C43H85N3O/c1-4-6-8-10-12-14-16-18-20-22-24-26-28-30-32-34-36-38-43(47)45-41(3)46-40-39-44-42(46)37-35-33-31-29-27-25-23-21-19-17-15-13-11-9-7-5-2/h41H,4-40H2,1-3H3,(H,45,47)/p+1. The van der Waals surface area contributed by atoms with E-state index in [1.54, 1.807) is 0 Å². The van der Waals surface area contributed by atoms with Gasteiger partial charge in [-0.25, -0.2) is 4.58 Å². The van der Waals surface area contributed by atoms with Crippen LogP contribution in [0.3, 0.4) is 0 Å². The molecule has 1 atom stereocenters. The van der Waals surface area contributed by atoms with E-state index in [0.29, 0.717) is 6.42 Å². The minimum absolute atomic E-state index is 0.0966. The Hall–Kier alpha value is -1.06. The van der Waals surface area contributed by atoms with Crippen LogP contribution in [-0.4, -0.2) is 35.6 Å². The number of amidine groups is 1. The van der Waals surface area contributed by atoms with E-state index in [0.717, 1.165) is 25.9 Å². The molecule has 0 bridgehead atoms. The van der Waals surface area contributed by atoms with Crippen molar-refractivity contribution in [1.29, 1.82) is 0 Å². The van der Waals surface area contributed by atoms with Crippen molar-refractivity contribution in [2.75, 3.05) is 13.1 Å². The van der Waals surface area contributed by atoms with Gasteiger partial charge in [0.05, 0.1) is 0 Å². The number of rotatable bonds is 37. The average molecular weight is 661 g/mol. The van der Waals surface area contributed by atoms with Crippen LogP contribution >= 0.6 is 0 Å². The summed E-state index contributed by atoms with van der Waals surface area (Å²) in [5.74, 6) is 1.58. The molecular formula is C43H86N3O+. The van der Waals surface area contributed by atoms with Crippen molar-refractivity contribution in [1.82, 2.24) is 10.6 Å². The first-order valence-corrected chi connectivity index (χ1v) is 21.8. The molecule has 4 nitrogen and oxygen atoms in total. The summed E-state index contributed by atoms with van der Waals surface area (Å²) in [4.78, 5) is 12.6. The lowest BCUT2D eigenvalue weighted by Gasteiger charge is -2.15. The Balaban J connectivity index is 1.92. The largest absolute Gasteiger partial charge is 0.318 e. The molecule has 0 radical (unpaired) electrons. The van der Waals surface area contributed by atoms with Gasteiger partial charge in [0.1, 0.15) is 13.1 Å². The molecule has 47 heavy (non-hydrogen) atoms. The predicted molar refractivity (Wildman–Crippen MR) is 209 cm³/mol. The number of hydrogen-bond acceptors (Lipinski definition) is 2. The molecule has 0 aliphatic carbocycles. The molecule has 1 aliphatic heterocycles. The van der Waals surface area contributed by atoms with Gasteiger partial charge in [-0.2, -0.15) is 0 Å². The van der Waals surface area contributed by atoms with E-state index < -0.39 is 0 Å². The van der Waals surface area contributed by atoms with Crippen molar-refractivity contribution in [3.05, 3.63) is 0 Å². The van der Waals surface area contributed by atoms with Crippen molar-refractivity contribution in [3.63, 3.8) is 0 Å². The molecule has 0 spiro atoms. The second kappa shape index (κ2) is 34.8. The van der Waals surface area contributed by atoms with Crippen LogP contribution in [0.1, 0.15) is 245 Å². The summed E-state index contributed by atoms with van der Waals surface area (Å²) in [6.07, 6.45) is 47.9. The van der Waals surface area contributed by atoms with Crippen LogP contribution in [0, 0.1) is 0 Å². The molecule has 1 rings (SSSR count). The first kappa shape index (κ1) is 44.0. The Kier molecular flexibility index (Phi) is 32.5. The third-order valence-electron chi connectivity index (χ3n) is 10.6. The summed E-state index contributed by atoms with van der Waals surface area (Å²) in [5.41, 5.74) is 0. The maximum Gasteiger partial charge on any atom is 0.246 e. The van der Waals surface area contributed by atoms with Crippen molar-refractivity contribution in [3.8, 4) is 0 Å². The molecule has 0 aromatic heterocycles. The zero-order valence-corrected chi connectivity index (χ0v) is 32.6. The van der Waals surface area contributed by atoms with E-state index in [4.69, 9.17) is 0 Å². The predicted octanol–water partition coefficient (Wildman–Crippen LogP) is 13.2. The second-order valence-electron chi connectivity index (χ2n) is 15.3. The van der Waals surface area contributed by atoms with E-state index in [2.05, 4.69) is 36.0 Å². The summed E-state index contributed by atoms with van der Waals surface area (Å²) in [6, 6.07) is 0. The average Bonchev–Trinajstić information content (AvgIpc) is 3.55. The third kappa shape index (κ3) is 28.5. The number of unbranched alkanes of at least 4 members (excludes halogenated alkanes) is 31. The maximum atomic E-state index is 12.6. The second-order valence-corrected chi connectivity index (χ2v) is 15.3. The Bertz CT molecular complexity index is 705. The van der Waals surface area contributed by atoms with Crippen LogP contribution in [-0.2, 0) is 4.79 Å². The normalized spacial score (nSPS) is 13.8. The Morgan fingerprint density at radius 1 is 0.532 bits per heavy atom. The molecule has 1 heterocycles. The van der Waals surface area contributed by atoms with Crippen LogP contribution < -0.4 is 10.6 Å². The Morgan fingerprint density at radius 2 is 0.851 bits per heavy atom. The van der Waals surface area contributed by atoms with Gasteiger partial charge >= 0.3 is 0 Å². The highest BCUT2D eigenvalue weighted by Crippen LogP contribution is 2.16. The lowest BCUT2D eigenvalue weighted by atomic mass is 10.0. The highest BCUT2D eigenvalue weighted by molar-refractivity contribution is 5.79. The van der Waals surface area contributed by atoms with Gasteiger partial charge in [0.2, 0.25) is 11.7 Å². The van der Waals surface area contributed by atoms with Crippen molar-refractivity contribution in [2.24, 2.45) is 0 Å². The molecule has 1 amide bonds. The molecule has 0 saturated carbocycles. The molecule has 0 aromatic carbocycles. The summed E-state index contributed by atoms with van der Waals surface area (Å²) in [5, 5.41) is 6.90. The first-order valence-electron chi connectivity index (χ1n) is 21.8. The quantitative estimate of drug-likeness (QED) is 0.0514. The van der Waals surface area contributed by atoms with E-state index in [9.17, 15) is 4.79 Å². The summed E-state index contributed by atoms with van der Waals surface area (Å²) >= 11 is 0. The van der Waals surface area contributed by atoms with Crippen LogP contribution in [0.15, 0.2) is 0 Å². The SMILES string of the molecule is CCCCCCCCCCCCCCCCCCCC(=O)NC(C)[N+]1=C(CCCCCCCCCCCCCCCCCC)NCC1. The lowest BCUT2D eigenvalue weighted by Crippen LogP contribution is -2.42. The summed E-state index contributed by atoms with van der Waals surface area (Å²) < 4.78 is 2.40. The molecule has 0 saturated heterocycles. The van der Waals surface area contributed by atoms with E-state index >= 15 is 0 Å². The number of carbonyl (C=O) groups is 1. The summed E-state index contributed by atoms with van der Waals surface area (Å²) in [6.45, 7) is 8.77. The molecule has 0 fully saturated rings. The zero-order valence-electron chi connectivity index (χ0n) is 32.6. The molecule has 4 heteroatoms. The van der Waals surface area contributed by atoms with Gasteiger partial charge in [-0.1, -0.05) is 213 Å². The smallest absolute Gasteiger partial charge is 0.246 e. The fraction of sp³-hybridized carbons (Fsp3) is 0.953. The number of amides is 1. The van der Waals surface area contributed by atoms with E-state index in [1.165, 1.54) is 211 Å². The maximum absolute atomic E-state index is 12.6. The summed E-state index contributed by atoms with van der Waals surface area (Å²) in [7, 11) is 0. The molecule has 278 valence electrons. The fourth-order valence-corrected chi connectivity index (χ4v) is 7.45. The van der Waals surface area contributed by atoms with Crippen LogP contribution in [0.25, 0.3) is 0 Å². The lowest BCUT2D eigenvalue weighted by molar-refractivity contribution is -0.558. The van der Waals surface area contributed by atoms with E-state index in [-0.39, 0.29) is 12.1 Å². The number of nitrogens with zero attached hydrogens (tertiary/aromatic N) is 1. The number of hydrogen-bond donors (Lipinski definition) is 2. The molecule has 0 aromatic rings. The minimum atomic E-state index is 0.0966. The van der Waals surface area contributed by atoms with Crippen LogP contribution in [0.4, 0.5) is 0 Å². The highest BCUT2D eigenvalue weighted by atomic mass is 16.1. The first-order chi connectivity index (χ1) is 23.2. The molecule has 1 aliphatic rings. The zero-order chi connectivity index (χ0) is 33.9. The van der Waals surface area contributed by atoms with Gasteiger partial charge in [-0.15, -0.1) is 0 Å². The topological polar surface area (TPSA) is 44.1 Å². The molecular weight excluding hydrogens is 574 g/mol. The fourth-order valence-electron chi connectivity index (χ4n) is 7.45. The van der Waals surface area contributed by atoms with Gasteiger partial charge in [0.15, 0.2) is 6.17 Å². The molecule has 2 N–H and O–H groups in total. The highest BCUT2D eigenvalue weighted by Gasteiger charge is 2.25. The van der Waals surface area contributed by atoms with Crippen LogP contribution in [0.5, 0.6) is 0 Å². The Morgan fingerprint density at radius 3 is 1.21 bits per heavy atom. The van der Waals surface area contributed by atoms with Gasteiger partial charge in [-0.05, 0) is 19.8 Å². The number of carbonyl (C=O) groups excluding carboxylic acids is 1. The van der Waals surface area contributed by atoms with Gasteiger partial charge < -0.3 is 5.32 Å². The van der Waals surface area contributed by atoms with Gasteiger partial charge in [0.25, 0.3) is 0 Å². The number of nitrogens with one attached hydrogen (secondary N) is 2.